The van der Waals surface area contributed by atoms with Gasteiger partial charge in [0, 0.05) is 24.9 Å². The summed E-state index contributed by atoms with van der Waals surface area (Å²) in [6.45, 7) is 0.325. The zero-order valence-corrected chi connectivity index (χ0v) is 17.8. The third-order valence-corrected chi connectivity index (χ3v) is 4.80. The van der Waals surface area contributed by atoms with Gasteiger partial charge >= 0.3 is 0 Å². The average molecular weight is 431 g/mol. The van der Waals surface area contributed by atoms with Crippen LogP contribution in [-0.4, -0.2) is 32.2 Å². The van der Waals surface area contributed by atoms with Gasteiger partial charge in [0.25, 0.3) is 0 Å². The number of carbonyl (C=O) groups excluding carboxylic acids is 1. The van der Waals surface area contributed by atoms with Crippen molar-refractivity contribution >= 4 is 17.5 Å². The van der Waals surface area contributed by atoms with Crippen LogP contribution in [0.4, 0.5) is 0 Å². The quantitative estimate of drug-likeness (QED) is 0.546. The van der Waals surface area contributed by atoms with Crippen LogP contribution < -0.4 is 19.5 Å². The number of methoxy groups -OCH3 is 3. The molecule has 0 spiro atoms. The first-order valence-electron chi connectivity index (χ1n) is 9.31. The van der Waals surface area contributed by atoms with Crippen molar-refractivity contribution in [2.75, 3.05) is 21.3 Å². The van der Waals surface area contributed by atoms with Gasteiger partial charge in [-0.1, -0.05) is 23.7 Å². The molecule has 0 fully saturated rings. The number of benzene rings is 2. The highest BCUT2D eigenvalue weighted by Crippen LogP contribution is 2.38. The lowest BCUT2D eigenvalue weighted by atomic mass is 10.1. The maximum atomic E-state index is 12.3. The van der Waals surface area contributed by atoms with Crippen LogP contribution in [0.2, 0.25) is 5.02 Å². The van der Waals surface area contributed by atoms with Crippen molar-refractivity contribution in [3.63, 3.8) is 0 Å². The minimum absolute atomic E-state index is 0.124. The molecule has 7 nitrogen and oxygen atoms in total. The number of aryl methyl sites for hydroxylation is 1. The Kier molecular flexibility index (Phi) is 7.19. The van der Waals surface area contributed by atoms with E-state index in [1.165, 1.54) is 0 Å². The highest BCUT2D eigenvalue weighted by atomic mass is 35.5. The van der Waals surface area contributed by atoms with E-state index in [9.17, 15) is 4.79 Å². The standard InChI is InChI=1S/C22H23ClN2O5/c1-27-17-10-14(11-18(28-2)22(17)29-3)12-24-20(26)8-9-21-25-13-19(30-21)15-6-4-5-7-16(15)23/h4-7,10-11,13H,8-9,12H2,1-3H3,(H,24,26). The number of oxazole rings is 1. The number of rotatable bonds is 9. The summed E-state index contributed by atoms with van der Waals surface area (Å²) >= 11 is 6.18. The van der Waals surface area contributed by atoms with E-state index >= 15 is 0 Å². The normalized spacial score (nSPS) is 10.5. The predicted octanol–water partition coefficient (Wildman–Crippen LogP) is 4.27. The molecule has 0 bridgehead atoms. The third kappa shape index (κ3) is 5.04. The second-order valence-electron chi connectivity index (χ2n) is 6.41. The van der Waals surface area contributed by atoms with Crippen molar-refractivity contribution in [1.82, 2.24) is 10.3 Å². The first-order valence-corrected chi connectivity index (χ1v) is 9.68. The van der Waals surface area contributed by atoms with Crippen molar-refractivity contribution in [3.05, 3.63) is 59.1 Å². The number of carbonyl (C=O) groups is 1. The number of hydrogen-bond acceptors (Lipinski definition) is 6. The van der Waals surface area contributed by atoms with E-state index in [0.717, 1.165) is 11.1 Å². The topological polar surface area (TPSA) is 82.8 Å². The Labute approximate surface area is 179 Å². The maximum Gasteiger partial charge on any atom is 0.220 e. The lowest BCUT2D eigenvalue weighted by Gasteiger charge is -2.14. The molecule has 0 unspecified atom stereocenters. The molecule has 0 aliphatic heterocycles. The molecule has 158 valence electrons. The summed E-state index contributed by atoms with van der Waals surface area (Å²) < 4.78 is 21.7. The zero-order chi connectivity index (χ0) is 21.5. The molecule has 0 saturated carbocycles. The lowest BCUT2D eigenvalue weighted by Crippen LogP contribution is -2.23. The molecule has 0 atom stereocenters. The minimum atomic E-state index is -0.124. The van der Waals surface area contributed by atoms with E-state index in [2.05, 4.69) is 10.3 Å². The Morgan fingerprint density at radius 3 is 2.43 bits per heavy atom. The maximum absolute atomic E-state index is 12.3. The summed E-state index contributed by atoms with van der Waals surface area (Å²) in [7, 11) is 4.64. The summed E-state index contributed by atoms with van der Waals surface area (Å²) in [6, 6.07) is 11.0. The molecule has 0 aliphatic carbocycles. The third-order valence-electron chi connectivity index (χ3n) is 4.47. The molecule has 1 N–H and O–H groups in total. The van der Waals surface area contributed by atoms with Crippen LogP contribution in [0.5, 0.6) is 17.2 Å². The molecule has 30 heavy (non-hydrogen) atoms. The van der Waals surface area contributed by atoms with Crippen LogP contribution in [0, 0.1) is 0 Å². The highest BCUT2D eigenvalue weighted by Gasteiger charge is 2.14. The Morgan fingerprint density at radius 1 is 1.10 bits per heavy atom. The fourth-order valence-electron chi connectivity index (χ4n) is 2.96. The summed E-state index contributed by atoms with van der Waals surface area (Å²) in [5.74, 6) is 2.51. The molecule has 3 rings (SSSR count). The Balaban J connectivity index is 1.57. The summed E-state index contributed by atoms with van der Waals surface area (Å²) in [6.07, 6.45) is 2.24. The lowest BCUT2D eigenvalue weighted by molar-refractivity contribution is -0.121. The summed E-state index contributed by atoms with van der Waals surface area (Å²) in [5, 5.41) is 3.46. The fraction of sp³-hybridized carbons (Fsp3) is 0.273. The predicted molar refractivity (Wildman–Crippen MR) is 113 cm³/mol. The second-order valence-corrected chi connectivity index (χ2v) is 6.82. The molecule has 0 saturated heterocycles. The Morgan fingerprint density at radius 2 is 1.80 bits per heavy atom. The largest absolute Gasteiger partial charge is 0.493 e. The molecule has 1 heterocycles. The van der Waals surface area contributed by atoms with Crippen LogP contribution in [-0.2, 0) is 17.8 Å². The van der Waals surface area contributed by atoms with Crippen LogP contribution in [0.15, 0.2) is 47.0 Å². The molecular formula is C22H23ClN2O5. The van der Waals surface area contributed by atoms with E-state index in [-0.39, 0.29) is 12.3 Å². The summed E-state index contributed by atoms with van der Waals surface area (Å²) in [5.41, 5.74) is 1.60. The number of halogens is 1. The molecule has 2 aromatic carbocycles. The number of hydrogen-bond donors (Lipinski definition) is 1. The minimum Gasteiger partial charge on any atom is -0.493 e. The van der Waals surface area contributed by atoms with E-state index in [0.29, 0.717) is 46.9 Å². The fourth-order valence-corrected chi connectivity index (χ4v) is 3.19. The van der Waals surface area contributed by atoms with Gasteiger partial charge in [-0.05, 0) is 29.8 Å². The van der Waals surface area contributed by atoms with Gasteiger partial charge in [-0.3, -0.25) is 4.79 Å². The van der Waals surface area contributed by atoms with Gasteiger partial charge in [0.05, 0.1) is 32.5 Å². The van der Waals surface area contributed by atoms with Crippen molar-refractivity contribution in [2.45, 2.75) is 19.4 Å². The monoisotopic (exact) mass is 430 g/mol. The van der Waals surface area contributed by atoms with Gasteiger partial charge in [-0.25, -0.2) is 4.98 Å². The smallest absolute Gasteiger partial charge is 0.220 e. The second kappa shape index (κ2) is 10.0. The first kappa shape index (κ1) is 21.5. The highest BCUT2D eigenvalue weighted by molar-refractivity contribution is 6.33. The summed E-state index contributed by atoms with van der Waals surface area (Å²) in [4.78, 5) is 16.5. The van der Waals surface area contributed by atoms with Crippen LogP contribution >= 0.6 is 11.6 Å². The van der Waals surface area contributed by atoms with E-state index < -0.39 is 0 Å². The van der Waals surface area contributed by atoms with E-state index in [1.54, 1.807) is 45.7 Å². The van der Waals surface area contributed by atoms with Crippen molar-refractivity contribution < 1.29 is 23.4 Å². The Bertz CT molecular complexity index is 993. The van der Waals surface area contributed by atoms with Gasteiger partial charge in [-0.15, -0.1) is 0 Å². The molecule has 8 heteroatoms. The number of nitrogens with zero attached hydrogens (tertiary/aromatic N) is 1. The number of aromatic nitrogens is 1. The van der Waals surface area contributed by atoms with Crippen LogP contribution in [0.1, 0.15) is 17.9 Å². The van der Waals surface area contributed by atoms with Gasteiger partial charge in [0.1, 0.15) is 0 Å². The van der Waals surface area contributed by atoms with Crippen LogP contribution in [0.25, 0.3) is 11.3 Å². The molecular weight excluding hydrogens is 408 g/mol. The number of nitrogens with one attached hydrogen (secondary N) is 1. The van der Waals surface area contributed by atoms with Crippen molar-refractivity contribution in [3.8, 4) is 28.6 Å². The molecule has 3 aromatic rings. The first-order chi connectivity index (χ1) is 14.5. The van der Waals surface area contributed by atoms with Gasteiger partial charge in [-0.2, -0.15) is 0 Å². The molecule has 1 aromatic heterocycles. The van der Waals surface area contributed by atoms with Gasteiger partial charge < -0.3 is 23.9 Å². The zero-order valence-electron chi connectivity index (χ0n) is 17.0. The average Bonchev–Trinajstić information content (AvgIpc) is 3.24. The van der Waals surface area contributed by atoms with E-state index in [4.69, 9.17) is 30.2 Å². The number of amides is 1. The molecule has 0 aliphatic rings. The van der Waals surface area contributed by atoms with E-state index in [1.807, 2.05) is 18.2 Å². The van der Waals surface area contributed by atoms with Gasteiger partial charge in [0.2, 0.25) is 11.7 Å². The SMILES string of the molecule is COc1cc(CNC(=O)CCc2ncc(-c3ccccc3Cl)o2)cc(OC)c1OC. The van der Waals surface area contributed by atoms with Gasteiger partial charge in [0.15, 0.2) is 23.1 Å². The molecule has 1 amide bonds. The Hall–Kier alpha value is -3.19. The van der Waals surface area contributed by atoms with Crippen molar-refractivity contribution in [2.24, 2.45) is 0 Å². The van der Waals surface area contributed by atoms with Crippen LogP contribution in [0.3, 0.4) is 0 Å². The number of ether oxygens (including phenoxy) is 3. The van der Waals surface area contributed by atoms with Crippen molar-refractivity contribution in [1.29, 1.82) is 0 Å². The molecule has 0 radical (unpaired) electrons.